The number of hydrogen-bond donors (Lipinski definition) is 2. The van der Waals surface area contributed by atoms with Crippen LogP contribution in [-0.4, -0.2) is 42.8 Å². The van der Waals surface area contributed by atoms with Crippen molar-refractivity contribution in [1.29, 1.82) is 0 Å². The summed E-state index contributed by atoms with van der Waals surface area (Å²) in [6, 6.07) is 7.67. The van der Waals surface area contributed by atoms with Crippen LogP contribution in [0.1, 0.15) is 18.1 Å². The molecule has 0 aliphatic carbocycles. The smallest absolute Gasteiger partial charge is 0.336 e. The molecule has 5 heteroatoms. The Balaban J connectivity index is 1.66. The number of aliphatic hydroxyl groups excluding tert-OH is 1. The molecule has 0 bridgehead atoms. The molecule has 2 aromatic rings. The van der Waals surface area contributed by atoms with E-state index in [4.69, 9.17) is 4.42 Å². The van der Waals surface area contributed by atoms with Gasteiger partial charge in [0.2, 0.25) is 0 Å². The third-order valence-electron chi connectivity index (χ3n) is 5.76. The Morgan fingerprint density at radius 3 is 3.04 bits per heavy atom. The molecule has 0 saturated carbocycles. The summed E-state index contributed by atoms with van der Waals surface area (Å²) in [7, 11) is 0. The van der Waals surface area contributed by atoms with Gasteiger partial charge in [0.05, 0.1) is 6.61 Å². The molecular formula is C19H24N2O3. The van der Waals surface area contributed by atoms with Crippen LogP contribution in [0, 0.1) is 11.3 Å². The standard InChI is InChI=1S/C19H24N2O3/c1-2-13-3-4-17-16(5-13)14(6-18(23)24-17)8-21-9-15-7-20-10-19(15,11-21)12-22/h3-6,15,20,22H,2,7-12H2,1H3/t15-,19+/m0/s1. The van der Waals surface area contributed by atoms with Gasteiger partial charge in [0.1, 0.15) is 5.58 Å². The van der Waals surface area contributed by atoms with Crippen molar-refractivity contribution in [2.75, 3.05) is 32.8 Å². The second-order valence-electron chi connectivity index (χ2n) is 7.29. The topological polar surface area (TPSA) is 65.7 Å². The maximum absolute atomic E-state index is 11.9. The van der Waals surface area contributed by atoms with Gasteiger partial charge in [-0.15, -0.1) is 0 Å². The minimum Gasteiger partial charge on any atom is -0.423 e. The summed E-state index contributed by atoms with van der Waals surface area (Å²) in [5, 5.41) is 14.3. The van der Waals surface area contributed by atoms with E-state index in [-0.39, 0.29) is 17.6 Å². The molecule has 2 N–H and O–H groups in total. The molecule has 0 radical (unpaired) electrons. The molecule has 128 valence electrons. The first-order valence-electron chi connectivity index (χ1n) is 8.73. The van der Waals surface area contributed by atoms with Gasteiger partial charge >= 0.3 is 5.63 Å². The van der Waals surface area contributed by atoms with Crippen LogP contribution in [0.4, 0.5) is 0 Å². The summed E-state index contributed by atoms with van der Waals surface area (Å²) in [5.41, 5.74) is 2.61. The van der Waals surface area contributed by atoms with Crippen molar-refractivity contribution in [3.8, 4) is 0 Å². The Labute approximate surface area is 141 Å². The highest BCUT2D eigenvalue weighted by molar-refractivity contribution is 5.80. The maximum Gasteiger partial charge on any atom is 0.336 e. The van der Waals surface area contributed by atoms with Gasteiger partial charge in [-0.3, -0.25) is 4.90 Å². The van der Waals surface area contributed by atoms with E-state index in [9.17, 15) is 9.90 Å². The van der Waals surface area contributed by atoms with Gasteiger partial charge < -0.3 is 14.8 Å². The lowest BCUT2D eigenvalue weighted by Crippen LogP contribution is -2.35. The predicted molar refractivity (Wildman–Crippen MR) is 93.0 cm³/mol. The highest BCUT2D eigenvalue weighted by atomic mass is 16.4. The molecule has 2 saturated heterocycles. The summed E-state index contributed by atoms with van der Waals surface area (Å²) in [4.78, 5) is 14.3. The maximum atomic E-state index is 11.9. The molecule has 24 heavy (non-hydrogen) atoms. The Morgan fingerprint density at radius 1 is 1.42 bits per heavy atom. The van der Waals surface area contributed by atoms with Gasteiger partial charge in [-0.2, -0.15) is 0 Å². The van der Waals surface area contributed by atoms with Crippen LogP contribution in [0.3, 0.4) is 0 Å². The molecule has 1 aromatic heterocycles. The number of fused-ring (bicyclic) bond motifs is 2. The average Bonchev–Trinajstić information content (AvgIpc) is 3.11. The monoisotopic (exact) mass is 328 g/mol. The lowest BCUT2D eigenvalue weighted by atomic mass is 9.82. The molecule has 0 amide bonds. The molecular weight excluding hydrogens is 304 g/mol. The summed E-state index contributed by atoms with van der Waals surface area (Å²) >= 11 is 0. The van der Waals surface area contributed by atoms with E-state index in [1.165, 1.54) is 5.56 Å². The molecule has 2 aliphatic rings. The highest BCUT2D eigenvalue weighted by Gasteiger charge is 2.49. The molecule has 5 nitrogen and oxygen atoms in total. The van der Waals surface area contributed by atoms with Gasteiger partial charge in [-0.25, -0.2) is 4.79 Å². The van der Waals surface area contributed by atoms with E-state index in [1.807, 2.05) is 12.1 Å². The van der Waals surface area contributed by atoms with Crippen molar-refractivity contribution in [3.05, 3.63) is 45.8 Å². The van der Waals surface area contributed by atoms with Crippen LogP contribution in [0.5, 0.6) is 0 Å². The minimum absolute atomic E-state index is 0.0240. The zero-order chi connectivity index (χ0) is 16.7. The number of aryl methyl sites for hydroxylation is 1. The van der Waals surface area contributed by atoms with E-state index in [2.05, 4.69) is 23.2 Å². The van der Waals surface area contributed by atoms with Crippen molar-refractivity contribution in [2.45, 2.75) is 19.9 Å². The second-order valence-corrected chi connectivity index (χ2v) is 7.29. The van der Waals surface area contributed by atoms with E-state index in [0.29, 0.717) is 11.5 Å². The predicted octanol–water partition coefficient (Wildman–Crippen LogP) is 1.37. The Morgan fingerprint density at radius 2 is 2.29 bits per heavy atom. The lowest BCUT2D eigenvalue weighted by Gasteiger charge is -2.25. The zero-order valence-electron chi connectivity index (χ0n) is 14.0. The largest absolute Gasteiger partial charge is 0.423 e. The average molecular weight is 328 g/mol. The van der Waals surface area contributed by atoms with Crippen LogP contribution >= 0.6 is 0 Å². The normalized spacial score (nSPS) is 27.0. The number of hydrogen-bond acceptors (Lipinski definition) is 5. The number of rotatable bonds is 4. The molecule has 0 spiro atoms. The van der Waals surface area contributed by atoms with Gasteiger partial charge in [0.15, 0.2) is 0 Å². The number of nitrogens with zero attached hydrogens (tertiary/aromatic N) is 1. The van der Waals surface area contributed by atoms with Crippen LogP contribution in [0.2, 0.25) is 0 Å². The fourth-order valence-corrected chi connectivity index (χ4v) is 4.34. The molecule has 2 aliphatic heterocycles. The highest BCUT2D eigenvalue weighted by Crippen LogP contribution is 2.39. The lowest BCUT2D eigenvalue weighted by molar-refractivity contribution is 0.124. The Hall–Kier alpha value is -1.69. The quantitative estimate of drug-likeness (QED) is 0.830. The van der Waals surface area contributed by atoms with Gasteiger partial charge in [0, 0.05) is 43.0 Å². The van der Waals surface area contributed by atoms with Crippen LogP contribution in [0.15, 0.2) is 33.5 Å². The third kappa shape index (κ3) is 2.57. The Kier molecular flexibility index (Phi) is 3.95. The molecule has 3 heterocycles. The van der Waals surface area contributed by atoms with E-state index >= 15 is 0 Å². The van der Waals surface area contributed by atoms with E-state index in [1.54, 1.807) is 6.07 Å². The second kappa shape index (κ2) is 5.99. The fraction of sp³-hybridized carbons (Fsp3) is 0.526. The van der Waals surface area contributed by atoms with Crippen molar-refractivity contribution in [3.63, 3.8) is 0 Å². The van der Waals surface area contributed by atoms with Gasteiger partial charge in [0.25, 0.3) is 0 Å². The summed E-state index contributed by atoms with van der Waals surface area (Å²) in [6.45, 7) is 6.75. The summed E-state index contributed by atoms with van der Waals surface area (Å²) in [6.07, 6.45) is 0.958. The van der Waals surface area contributed by atoms with Gasteiger partial charge in [-0.1, -0.05) is 13.0 Å². The first kappa shape index (κ1) is 15.8. The first-order valence-corrected chi connectivity index (χ1v) is 8.73. The van der Waals surface area contributed by atoms with Gasteiger partial charge in [-0.05, 0) is 42.1 Å². The van der Waals surface area contributed by atoms with Crippen LogP contribution < -0.4 is 10.9 Å². The van der Waals surface area contributed by atoms with E-state index < -0.39 is 0 Å². The minimum atomic E-state index is -0.292. The molecule has 2 fully saturated rings. The molecule has 1 aromatic carbocycles. The number of aliphatic hydroxyl groups is 1. The Bertz CT molecular complexity index is 816. The van der Waals surface area contributed by atoms with Crippen molar-refractivity contribution in [2.24, 2.45) is 11.3 Å². The third-order valence-corrected chi connectivity index (χ3v) is 5.76. The number of nitrogens with one attached hydrogen (secondary N) is 1. The molecule has 0 unspecified atom stereocenters. The van der Waals surface area contributed by atoms with Crippen LogP contribution in [0.25, 0.3) is 11.0 Å². The number of benzene rings is 1. The van der Waals surface area contributed by atoms with Crippen molar-refractivity contribution in [1.82, 2.24) is 10.2 Å². The zero-order valence-corrected chi connectivity index (χ0v) is 14.0. The van der Waals surface area contributed by atoms with Crippen molar-refractivity contribution < 1.29 is 9.52 Å². The summed E-state index contributed by atoms with van der Waals surface area (Å²) in [5.74, 6) is 0.486. The van der Waals surface area contributed by atoms with Crippen LogP contribution in [-0.2, 0) is 13.0 Å². The number of likely N-dealkylation sites (tertiary alicyclic amines) is 1. The molecule has 4 rings (SSSR count). The fourth-order valence-electron chi connectivity index (χ4n) is 4.34. The molecule has 2 atom stereocenters. The first-order chi connectivity index (χ1) is 11.6. The SMILES string of the molecule is CCc1ccc2oc(=O)cc(CN3C[C@@H]4CNC[C@]4(CO)C3)c2c1. The van der Waals surface area contributed by atoms with E-state index in [0.717, 1.165) is 50.1 Å². The summed E-state index contributed by atoms with van der Waals surface area (Å²) < 4.78 is 5.36. The van der Waals surface area contributed by atoms with Crippen molar-refractivity contribution >= 4 is 11.0 Å².